The third-order valence-electron chi connectivity index (χ3n) is 2.39. The molecule has 1 rings (SSSR count). The summed E-state index contributed by atoms with van der Waals surface area (Å²) in [5.41, 5.74) is 0. The first-order chi connectivity index (χ1) is 5.93. The van der Waals surface area contributed by atoms with Crippen LogP contribution in [0.25, 0.3) is 0 Å². The van der Waals surface area contributed by atoms with Crippen molar-refractivity contribution in [1.29, 1.82) is 0 Å². The van der Waals surface area contributed by atoms with Crippen LogP contribution in [-0.2, 0) is 0 Å². The number of hydrogen-bond donors (Lipinski definition) is 1. The number of rotatable bonds is 5. The van der Waals surface area contributed by atoms with Gasteiger partial charge in [-0.05, 0) is 13.0 Å². The molecular formula is C10H21N2. The zero-order chi connectivity index (χ0) is 8.65. The highest BCUT2D eigenvalue weighted by Gasteiger charge is 2.07. The van der Waals surface area contributed by atoms with Gasteiger partial charge in [-0.25, -0.2) is 0 Å². The lowest BCUT2D eigenvalue weighted by molar-refractivity contribution is 0.257. The number of nitrogens with one attached hydrogen (secondary N) is 1. The van der Waals surface area contributed by atoms with Gasteiger partial charge in [0.25, 0.3) is 0 Å². The lowest BCUT2D eigenvalue weighted by Gasteiger charge is -2.26. The molecule has 12 heavy (non-hydrogen) atoms. The van der Waals surface area contributed by atoms with Crippen molar-refractivity contribution in [1.82, 2.24) is 10.2 Å². The van der Waals surface area contributed by atoms with E-state index in [2.05, 4.69) is 23.7 Å². The van der Waals surface area contributed by atoms with Gasteiger partial charge in [-0.3, -0.25) is 0 Å². The highest BCUT2D eigenvalue weighted by Crippen LogP contribution is 2.02. The molecule has 0 bridgehead atoms. The zero-order valence-corrected chi connectivity index (χ0v) is 8.18. The Morgan fingerprint density at radius 3 is 2.92 bits per heavy atom. The van der Waals surface area contributed by atoms with E-state index >= 15 is 0 Å². The van der Waals surface area contributed by atoms with Crippen LogP contribution in [0, 0.1) is 6.54 Å². The summed E-state index contributed by atoms with van der Waals surface area (Å²) in [6, 6.07) is 0. The molecule has 1 fully saturated rings. The molecule has 0 aromatic heterocycles. The van der Waals surface area contributed by atoms with E-state index in [9.17, 15) is 0 Å². The first kappa shape index (κ1) is 10.0. The van der Waals surface area contributed by atoms with Gasteiger partial charge in [0.15, 0.2) is 0 Å². The van der Waals surface area contributed by atoms with Crippen molar-refractivity contribution in [2.45, 2.75) is 32.6 Å². The molecule has 0 aliphatic carbocycles. The molecular weight excluding hydrogens is 148 g/mol. The topological polar surface area (TPSA) is 15.3 Å². The summed E-state index contributed by atoms with van der Waals surface area (Å²) in [4.78, 5) is 2.52. The maximum Gasteiger partial charge on any atom is 0.0362 e. The summed E-state index contributed by atoms with van der Waals surface area (Å²) < 4.78 is 0. The summed E-state index contributed by atoms with van der Waals surface area (Å²) in [6.07, 6.45) is 5.52. The summed E-state index contributed by atoms with van der Waals surface area (Å²) >= 11 is 0. The molecule has 2 nitrogen and oxygen atoms in total. The highest BCUT2D eigenvalue weighted by molar-refractivity contribution is 4.75. The number of piperazine rings is 1. The smallest absolute Gasteiger partial charge is 0.0362 e. The van der Waals surface area contributed by atoms with E-state index in [4.69, 9.17) is 0 Å². The molecule has 0 spiro atoms. The predicted octanol–water partition coefficient (Wildman–Crippen LogP) is 1.63. The van der Waals surface area contributed by atoms with Crippen molar-refractivity contribution in [2.24, 2.45) is 0 Å². The fraction of sp³-hybridized carbons (Fsp3) is 0.900. The molecule has 0 atom stereocenters. The third-order valence-corrected chi connectivity index (χ3v) is 2.39. The third kappa shape index (κ3) is 4.07. The molecule has 71 valence electrons. The minimum absolute atomic E-state index is 1.13. The van der Waals surface area contributed by atoms with Crippen LogP contribution in [0.2, 0.25) is 0 Å². The molecule has 0 aromatic rings. The Morgan fingerprint density at radius 2 is 2.25 bits per heavy atom. The zero-order valence-electron chi connectivity index (χ0n) is 8.18. The van der Waals surface area contributed by atoms with Gasteiger partial charge in [0, 0.05) is 26.2 Å². The van der Waals surface area contributed by atoms with Crippen LogP contribution in [0.5, 0.6) is 0 Å². The van der Waals surface area contributed by atoms with Crippen LogP contribution in [0.15, 0.2) is 0 Å². The number of hydrogen-bond acceptors (Lipinski definition) is 2. The van der Waals surface area contributed by atoms with E-state index in [-0.39, 0.29) is 0 Å². The average molecular weight is 169 g/mol. The quantitative estimate of drug-likeness (QED) is 0.629. The van der Waals surface area contributed by atoms with Gasteiger partial charge < -0.3 is 10.2 Å². The summed E-state index contributed by atoms with van der Waals surface area (Å²) in [5, 5.41) is 3.25. The minimum atomic E-state index is 1.13. The molecule has 0 saturated carbocycles. The number of nitrogens with zero attached hydrogens (tertiary/aromatic N) is 1. The molecule has 1 radical (unpaired) electrons. The first-order valence-electron chi connectivity index (χ1n) is 5.21. The van der Waals surface area contributed by atoms with Gasteiger partial charge >= 0.3 is 0 Å². The van der Waals surface area contributed by atoms with Crippen molar-refractivity contribution in [3.05, 3.63) is 6.54 Å². The van der Waals surface area contributed by atoms with Gasteiger partial charge in [0.05, 0.1) is 0 Å². The van der Waals surface area contributed by atoms with Crippen molar-refractivity contribution >= 4 is 0 Å². The second-order valence-electron chi connectivity index (χ2n) is 3.52. The van der Waals surface area contributed by atoms with E-state index in [1.54, 1.807) is 0 Å². The molecule has 1 aliphatic heterocycles. The molecule has 0 aromatic carbocycles. The maximum absolute atomic E-state index is 3.25. The molecule has 0 amide bonds. The number of unbranched alkanes of at least 4 members (excludes halogenated alkanes) is 3. The molecule has 1 saturated heterocycles. The van der Waals surface area contributed by atoms with Crippen LogP contribution in [0.4, 0.5) is 0 Å². The van der Waals surface area contributed by atoms with Crippen LogP contribution in [0.1, 0.15) is 32.6 Å². The Hall–Kier alpha value is -0.0800. The predicted molar refractivity (Wildman–Crippen MR) is 52.9 cm³/mol. The van der Waals surface area contributed by atoms with Crippen LogP contribution in [-0.4, -0.2) is 31.1 Å². The van der Waals surface area contributed by atoms with E-state index in [0.29, 0.717) is 0 Å². The second-order valence-corrected chi connectivity index (χ2v) is 3.52. The fourth-order valence-corrected chi connectivity index (χ4v) is 1.57. The first-order valence-corrected chi connectivity index (χ1v) is 5.21. The highest BCUT2D eigenvalue weighted by atomic mass is 15.2. The van der Waals surface area contributed by atoms with Crippen molar-refractivity contribution in [3.8, 4) is 0 Å². The van der Waals surface area contributed by atoms with Gasteiger partial charge in [-0.15, -0.1) is 0 Å². The molecule has 0 unspecified atom stereocenters. The largest absolute Gasteiger partial charge is 0.310 e. The van der Waals surface area contributed by atoms with Gasteiger partial charge in [-0.2, -0.15) is 0 Å². The standard InChI is InChI=1S/C10H21N2/c1-2-3-4-5-8-12-9-6-11-7-10-12/h6,11H,2-5,7-10H2,1H3. The lowest BCUT2D eigenvalue weighted by Crippen LogP contribution is -2.40. The van der Waals surface area contributed by atoms with Gasteiger partial charge in [0.1, 0.15) is 0 Å². The van der Waals surface area contributed by atoms with Crippen LogP contribution >= 0.6 is 0 Å². The normalized spacial score (nSPS) is 19.8. The van der Waals surface area contributed by atoms with E-state index in [0.717, 1.165) is 13.1 Å². The van der Waals surface area contributed by atoms with Crippen molar-refractivity contribution in [3.63, 3.8) is 0 Å². The minimum Gasteiger partial charge on any atom is -0.310 e. The van der Waals surface area contributed by atoms with E-state index in [1.807, 2.05) is 0 Å². The SMILES string of the molecule is CCCCCCN1C[CH]NCC1. The maximum atomic E-state index is 3.25. The van der Waals surface area contributed by atoms with E-state index in [1.165, 1.54) is 38.8 Å². The Bertz CT molecular complexity index is 98.0. The second kappa shape index (κ2) is 6.44. The summed E-state index contributed by atoms with van der Waals surface area (Å²) in [7, 11) is 0. The lowest BCUT2D eigenvalue weighted by atomic mass is 10.2. The fourth-order valence-electron chi connectivity index (χ4n) is 1.57. The Kier molecular flexibility index (Phi) is 5.37. The Labute approximate surface area is 76.3 Å². The van der Waals surface area contributed by atoms with Crippen LogP contribution < -0.4 is 5.32 Å². The van der Waals surface area contributed by atoms with Gasteiger partial charge in [0.2, 0.25) is 0 Å². The monoisotopic (exact) mass is 169 g/mol. The molecule has 1 heterocycles. The van der Waals surface area contributed by atoms with Crippen LogP contribution in [0.3, 0.4) is 0 Å². The van der Waals surface area contributed by atoms with Crippen molar-refractivity contribution in [2.75, 3.05) is 26.2 Å². The van der Waals surface area contributed by atoms with Crippen molar-refractivity contribution < 1.29 is 0 Å². The average Bonchev–Trinajstić information content (AvgIpc) is 2.14. The molecule has 1 aliphatic rings. The Morgan fingerprint density at radius 1 is 1.33 bits per heavy atom. The van der Waals surface area contributed by atoms with E-state index < -0.39 is 0 Å². The summed E-state index contributed by atoms with van der Waals surface area (Å²) in [6.45, 7) is 9.21. The van der Waals surface area contributed by atoms with Gasteiger partial charge in [-0.1, -0.05) is 26.2 Å². The Balaban J connectivity index is 1.91. The summed E-state index contributed by atoms with van der Waals surface area (Å²) in [5.74, 6) is 0. The molecule has 1 N–H and O–H groups in total. The molecule has 2 heteroatoms.